The summed E-state index contributed by atoms with van der Waals surface area (Å²) in [5.74, 6) is 0.803. The van der Waals surface area contributed by atoms with Crippen LogP contribution in [0.25, 0.3) is 0 Å². The van der Waals surface area contributed by atoms with Crippen molar-refractivity contribution in [3.05, 3.63) is 0 Å². The highest BCUT2D eigenvalue weighted by Gasteiger charge is 2.57. The highest BCUT2D eigenvalue weighted by molar-refractivity contribution is 5.97. The van der Waals surface area contributed by atoms with Crippen LogP contribution >= 0.6 is 0 Å². The summed E-state index contributed by atoms with van der Waals surface area (Å²) in [5, 5.41) is 4.45. The van der Waals surface area contributed by atoms with Crippen LogP contribution in [0.2, 0.25) is 0 Å². The standard InChI is InChI=1S/C13H21NO2/c1-12(2)9-4-5-13(3,6-9)11(12)14-16-8-10-7-15-10/h9-10H,4-8H2,1-3H3/b14-11-/t9-,10-,13+/m0/s1. The van der Waals surface area contributed by atoms with Crippen molar-refractivity contribution in [2.24, 2.45) is 21.9 Å². The van der Waals surface area contributed by atoms with Crippen LogP contribution in [0.1, 0.15) is 40.0 Å². The molecule has 0 aromatic carbocycles. The molecule has 3 heteroatoms. The number of epoxide rings is 1. The Labute approximate surface area is 97.2 Å². The Balaban J connectivity index is 1.75. The van der Waals surface area contributed by atoms with E-state index in [1.165, 1.54) is 25.0 Å². The second kappa shape index (κ2) is 3.22. The topological polar surface area (TPSA) is 34.1 Å². The highest BCUT2D eigenvalue weighted by atomic mass is 16.7. The van der Waals surface area contributed by atoms with Gasteiger partial charge < -0.3 is 9.57 Å². The zero-order valence-corrected chi connectivity index (χ0v) is 10.5. The van der Waals surface area contributed by atoms with E-state index in [4.69, 9.17) is 9.57 Å². The van der Waals surface area contributed by atoms with Gasteiger partial charge in [-0.2, -0.15) is 0 Å². The van der Waals surface area contributed by atoms with Crippen LogP contribution in [0.4, 0.5) is 0 Å². The van der Waals surface area contributed by atoms with E-state index in [1.807, 2.05) is 0 Å². The zero-order chi connectivity index (χ0) is 11.4. The number of hydrogen-bond donors (Lipinski definition) is 0. The molecule has 0 aromatic rings. The lowest BCUT2D eigenvalue weighted by Crippen LogP contribution is -2.36. The Morgan fingerprint density at radius 2 is 2.19 bits per heavy atom. The molecule has 2 aliphatic carbocycles. The molecule has 16 heavy (non-hydrogen) atoms. The molecule has 0 aromatic heterocycles. The molecule has 0 amide bonds. The second-order valence-corrected chi connectivity index (χ2v) is 6.41. The van der Waals surface area contributed by atoms with Gasteiger partial charge in [-0.1, -0.05) is 25.9 Å². The summed E-state index contributed by atoms with van der Waals surface area (Å²) in [6.07, 6.45) is 4.23. The molecule has 3 fully saturated rings. The number of hydrogen-bond acceptors (Lipinski definition) is 3. The lowest BCUT2D eigenvalue weighted by Gasteiger charge is -2.34. The van der Waals surface area contributed by atoms with Gasteiger partial charge in [-0.3, -0.25) is 0 Å². The summed E-state index contributed by atoms with van der Waals surface area (Å²) in [7, 11) is 0. The first-order chi connectivity index (χ1) is 7.52. The number of nitrogens with zero attached hydrogens (tertiary/aromatic N) is 1. The molecule has 0 radical (unpaired) electrons. The molecule has 2 saturated carbocycles. The van der Waals surface area contributed by atoms with E-state index in [-0.39, 0.29) is 5.41 Å². The number of rotatable bonds is 3. The van der Waals surface area contributed by atoms with Crippen LogP contribution in [-0.2, 0) is 9.57 Å². The fraction of sp³-hybridized carbons (Fsp3) is 0.923. The molecule has 1 heterocycles. The van der Waals surface area contributed by atoms with Crippen molar-refractivity contribution in [2.45, 2.75) is 46.1 Å². The highest BCUT2D eigenvalue weighted by Crippen LogP contribution is 2.60. The Kier molecular flexibility index (Phi) is 2.13. The number of oxime groups is 1. The lowest BCUT2D eigenvalue weighted by atomic mass is 9.71. The fourth-order valence-electron chi connectivity index (χ4n) is 3.62. The molecule has 0 N–H and O–H groups in total. The molecule has 3 nitrogen and oxygen atoms in total. The van der Waals surface area contributed by atoms with Gasteiger partial charge in [0.05, 0.1) is 12.3 Å². The summed E-state index contributed by atoms with van der Waals surface area (Å²) < 4.78 is 5.12. The zero-order valence-electron chi connectivity index (χ0n) is 10.5. The van der Waals surface area contributed by atoms with Gasteiger partial charge in [-0.15, -0.1) is 0 Å². The van der Waals surface area contributed by atoms with Crippen molar-refractivity contribution in [1.82, 2.24) is 0 Å². The molecule has 3 rings (SSSR count). The van der Waals surface area contributed by atoms with Crippen molar-refractivity contribution < 1.29 is 9.57 Å². The van der Waals surface area contributed by atoms with Crippen LogP contribution in [0.15, 0.2) is 5.16 Å². The van der Waals surface area contributed by atoms with Crippen LogP contribution in [-0.4, -0.2) is 25.0 Å². The molecular weight excluding hydrogens is 202 g/mol. The Morgan fingerprint density at radius 3 is 2.75 bits per heavy atom. The first-order valence-electron chi connectivity index (χ1n) is 6.35. The monoisotopic (exact) mass is 223 g/mol. The van der Waals surface area contributed by atoms with Gasteiger partial charge in [0.15, 0.2) is 0 Å². The minimum absolute atomic E-state index is 0.234. The molecule has 0 spiro atoms. The van der Waals surface area contributed by atoms with E-state index in [0.717, 1.165) is 12.5 Å². The maximum atomic E-state index is 5.46. The van der Waals surface area contributed by atoms with Crippen molar-refractivity contribution in [1.29, 1.82) is 0 Å². The average molecular weight is 223 g/mol. The summed E-state index contributed by atoms with van der Waals surface area (Å²) in [5.41, 5.74) is 1.83. The molecule has 3 atom stereocenters. The second-order valence-electron chi connectivity index (χ2n) is 6.41. The van der Waals surface area contributed by atoms with Gasteiger partial charge in [0.2, 0.25) is 0 Å². The van der Waals surface area contributed by atoms with Crippen LogP contribution < -0.4 is 0 Å². The van der Waals surface area contributed by atoms with Crippen molar-refractivity contribution >= 4 is 5.71 Å². The molecule has 0 unspecified atom stereocenters. The summed E-state index contributed by atoms with van der Waals surface area (Å²) in [6, 6.07) is 0. The average Bonchev–Trinajstić information content (AvgIpc) is 2.90. The molecule has 90 valence electrons. The van der Waals surface area contributed by atoms with E-state index in [2.05, 4.69) is 25.9 Å². The number of fused-ring (bicyclic) bond motifs is 2. The van der Waals surface area contributed by atoms with Crippen LogP contribution in [0, 0.1) is 16.7 Å². The summed E-state index contributed by atoms with van der Waals surface area (Å²) in [4.78, 5) is 5.46. The Bertz CT molecular complexity index is 326. The lowest BCUT2D eigenvalue weighted by molar-refractivity contribution is 0.118. The quantitative estimate of drug-likeness (QED) is 0.544. The van der Waals surface area contributed by atoms with Gasteiger partial charge in [-0.25, -0.2) is 0 Å². The minimum Gasteiger partial charge on any atom is -0.393 e. The third-order valence-corrected chi connectivity index (χ3v) is 4.76. The van der Waals surface area contributed by atoms with E-state index in [9.17, 15) is 0 Å². The predicted molar refractivity (Wildman–Crippen MR) is 62.4 cm³/mol. The van der Waals surface area contributed by atoms with Gasteiger partial charge in [0.25, 0.3) is 0 Å². The van der Waals surface area contributed by atoms with Gasteiger partial charge in [0, 0.05) is 10.8 Å². The predicted octanol–water partition coefficient (Wildman–Crippen LogP) is 2.60. The van der Waals surface area contributed by atoms with Gasteiger partial charge in [-0.05, 0) is 25.2 Å². The fourth-order valence-corrected chi connectivity index (χ4v) is 3.62. The van der Waals surface area contributed by atoms with E-state index in [0.29, 0.717) is 18.1 Å². The first kappa shape index (κ1) is 10.6. The number of ether oxygens (including phenoxy) is 1. The first-order valence-corrected chi connectivity index (χ1v) is 6.35. The maximum absolute atomic E-state index is 5.46. The van der Waals surface area contributed by atoms with Gasteiger partial charge >= 0.3 is 0 Å². The normalized spacial score (nSPS) is 46.3. The van der Waals surface area contributed by atoms with Gasteiger partial charge in [0.1, 0.15) is 12.7 Å². The van der Waals surface area contributed by atoms with E-state index >= 15 is 0 Å². The van der Waals surface area contributed by atoms with Crippen LogP contribution in [0.5, 0.6) is 0 Å². The minimum atomic E-state index is 0.234. The Morgan fingerprint density at radius 1 is 1.44 bits per heavy atom. The third-order valence-electron chi connectivity index (χ3n) is 4.76. The smallest absolute Gasteiger partial charge is 0.145 e. The third kappa shape index (κ3) is 1.48. The molecular formula is C13H21NO2. The Hall–Kier alpha value is -0.570. The SMILES string of the molecule is CC1(C)/C(=N/OC[C@@H]2CO2)[C@]2(C)CC[C@H]1C2. The van der Waals surface area contributed by atoms with Crippen molar-refractivity contribution in [2.75, 3.05) is 13.2 Å². The molecule has 1 aliphatic heterocycles. The van der Waals surface area contributed by atoms with Crippen molar-refractivity contribution in [3.63, 3.8) is 0 Å². The van der Waals surface area contributed by atoms with E-state index < -0.39 is 0 Å². The van der Waals surface area contributed by atoms with Crippen molar-refractivity contribution in [3.8, 4) is 0 Å². The maximum Gasteiger partial charge on any atom is 0.145 e. The molecule has 3 aliphatic rings. The molecule has 1 saturated heterocycles. The largest absolute Gasteiger partial charge is 0.393 e. The van der Waals surface area contributed by atoms with E-state index in [1.54, 1.807) is 0 Å². The van der Waals surface area contributed by atoms with Crippen LogP contribution in [0.3, 0.4) is 0 Å². The summed E-state index contributed by atoms with van der Waals surface area (Å²) >= 11 is 0. The summed E-state index contributed by atoms with van der Waals surface area (Å²) in [6.45, 7) is 8.45. The molecule has 2 bridgehead atoms.